The lowest BCUT2D eigenvalue weighted by Crippen LogP contribution is -2.41. The molecule has 0 spiro atoms. The van der Waals surface area contributed by atoms with Crippen LogP contribution in [0.25, 0.3) is 22.2 Å². The largest absolute Gasteiger partial charge is 0.497 e. The highest BCUT2D eigenvalue weighted by Gasteiger charge is 2.27. The third-order valence-corrected chi connectivity index (χ3v) is 9.05. The van der Waals surface area contributed by atoms with Gasteiger partial charge in [-0.2, -0.15) is 5.10 Å². The predicted octanol–water partition coefficient (Wildman–Crippen LogP) is 5.38. The topological polar surface area (TPSA) is 143 Å². The van der Waals surface area contributed by atoms with Gasteiger partial charge in [0.05, 0.1) is 43.9 Å². The number of unbranched alkanes of at least 4 members (excludes halogenated alkanes) is 2. The first-order chi connectivity index (χ1) is 24.7. The summed E-state index contributed by atoms with van der Waals surface area (Å²) in [5, 5.41) is 14.7. The van der Waals surface area contributed by atoms with Crippen LogP contribution in [0.4, 0.5) is 0 Å². The molecule has 1 aromatic heterocycles. The minimum atomic E-state index is -0.314. The number of ether oxygens (including phenoxy) is 2. The molecule has 0 bridgehead atoms. The molecule has 0 radical (unpaired) electrons. The van der Waals surface area contributed by atoms with Crippen molar-refractivity contribution in [3.63, 3.8) is 0 Å². The second-order valence-corrected chi connectivity index (χ2v) is 13.5. The number of nitrogens with one attached hydrogen (secondary N) is 3. The summed E-state index contributed by atoms with van der Waals surface area (Å²) < 4.78 is 11.1. The maximum Gasteiger partial charge on any atom is 0.251 e. The van der Waals surface area contributed by atoms with E-state index in [2.05, 4.69) is 20.8 Å². The molecular formula is C40H49N5O6. The number of nitrogens with zero attached hydrogens (tertiary/aromatic N) is 2. The number of Topliss-reactive ketones (excluding diaryl/α,β-unsaturated/α-hetero) is 2. The van der Waals surface area contributed by atoms with Gasteiger partial charge in [-0.3, -0.25) is 24.3 Å². The molecule has 51 heavy (non-hydrogen) atoms. The Bertz CT molecular complexity index is 1800. The van der Waals surface area contributed by atoms with Gasteiger partial charge >= 0.3 is 0 Å². The molecule has 1 atom stereocenters. The van der Waals surface area contributed by atoms with E-state index in [0.29, 0.717) is 44.0 Å². The van der Waals surface area contributed by atoms with Crippen molar-refractivity contribution in [3.05, 3.63) is 77.9 Å². The summed E-state index contributed by atoms with van der Waals surface area (Å²) in [4.78, 5) is 53.1. The smallest absolute Gasteiger partial charge is 0.251 e. The van der Waals surface area contributed by atoms with Crippen LogP contribution in [0.15, 0.2) is 66.7 Å². The van der Waals surface area contributed by atoms with Crippen molar-refractivity contribution in [2.24, 2.45) is 11.8 Å². The van der Waals surface area contributed by atoms with E-state index in [1.807, 2.05) is 80.6 Å². The summed E-state index contributed by atoms with van der Waals surface area (Å²) in [5.74, 6) is 0.961. The van der Waals surface area contributed by atoms with Crippen LogP contribution in [0.1, 0.15) is 61.9 Å². The van der Waals surface area contributed by atoms with Gasteiger partial charge in [0.25, 0.3) is 5.91 Å². The highest BCUT2D eigenvalue weighted by Crippen LogP contribution is 2.31. The second-order valence-electron chi connectivity index (χ2n) is 13.5. The average molecular weight is 696 g/mol. The van der Waals surface area contributed by atoms with Crippen molar-refractivity contribution in [1.29, 1.82) is 0 Å². The molecule has 2 amide bonds. The van der Waals surface area contributed by atoms with Crippen LogP contribution in [0, 0.1) is 11.8 Å². The van der Waals surface area contributed by atoms with E-state index >= 15 is 0 Å². The summed E-state index contributed by atoms with van der Waals surface area (Å²) >= 11 is 0. The highest BCUT2D eigenvalue weighted by atomic mass is 16.5. The lowest BCUT2D eigenvalue weighted by atomic mass is 9.91. The van der Waals surface area contributed by atoms with E-state index in [4.69, 9.17) is 9.47 Å². The number of para-hydroxylation sites is 1. The molecule has 0 aliphatic carbocycles. The maximum atomic E-state index is 13.1. The fourth-order valence-corrected chi connectivity index (χ4v) is 6.31. The number of rotatable bonds is 19. The number of ketones is 2. The van der Waals surface area contributed by atoms with E-state index in [-0.39, 0.29) is 61.1 Å². The van der Waals surface area contributed by atoms with Gasteiger partial charge in [-0.25, -0.2) is 0 Å². The average Bonchev–Trinajstić information content (AvgIpc) is 3.58. The standard InChI is InChI=1S/C40H49N5O6/c1-27(2)24-45(38(48)18-16-36(47)31-21-30-22-33(50-3)15-17-37(30)51-26-31)25-32(46)23-41-19-7-4-8-20-42-40(49)29-13-11-28(12-14-29)39-34-9-5-6-10-35(34)43-44-39/h5-6,9-15,17,22,27,31,41H,4,7-8,16,18-21,23-26H2,1-3H3,(H,42,49)(H,43,44). The van der Waals surface area contributed by atoms with Crippen molar-refractivity contribution in [2.75, 3.05) is 46.4 Å². The summed E-state index contributed by atoms with van der Waals surface area (Å²) in [6.45, 7) is 6.16. The second kappa shape index (κ2) is 18.3. The monoisotopic (exact) mass is 695 g/mol. The molecule has 3 aromatic carbocycles. The van der Waals surface area contributed by atoms with E-state index in [1.54, 1.807) is 12.0 Å². The van der Waals surface area contributed by atoms with Gasteiger partial charge in [0, 0.05) is 42.4 Å². The molecule has 11 nitrogen and oxygen atoms in total. The Hall–Kier alpha value is -5.03. The van der Waals surface area contributed by atoms with Gasteiger partial charge in [-0.15, -0.1) is 0 Å². The number of carbonyl (C=O) groups excluding carboxylic acids is 4. The first-order valence-corrected chi connectivity index (χ1v) is 17.9. The molecular weight excluding hydrogens is 646 g/mol. The van der Waals surface area contributed by atoms with Crippen molar-refractivity contribution >= 4 is 34.3 Å². The van der Waals surface area contributed by atoms with Gasteiger partial charge in [0.2, 0.25) is 5.91 Å². The number of hydrogen-bond donors (Lipinski definition) is 3. The molecule has 270 valence electrons. The minimum Gasteiger partial charge on any atom is -0.497 e. The Labute approximate surface area is 299 Å². The van der Waals surface area contributed by atoms with Gasteiger partial charge in [0.15, 0.2) is 5.78 Å². The number of benzene rings is 3. The lowest BCUT2D eigenvalue weighted by Gasteiger charge is -2.26. The normalized spacial score (nSPS) is 13.8. The molecule has 1 aliphatic rings. The number of aromatic nitrogens is 2. The Balaban J connectivity index is 0.951. The molecule has 1 unspecified atom stereocenters. The van der Waals surface area contributed by atoms with E-state index in [1.165, 1.54) is 0 Å². The molecule has 0 saturated heterocycles. The summed E-state index contributed by atoms with van der Waals surface area (Å²) in [6, 6.07) is 21.0. The van der Waals surface area contributed by atoms with Gasteiger partial charge in [-0.05, 0) is 73.7 Å². The predicted molar refractivity (Wildman–Crippen MR) is 197 cm³/mol. The molecule has 0 saturated carbocycles. The maximum absolute atomic E-state index is 13.1. The van der Waals surface area contributed by atoms with Crippen molar-refractivity contribution in [2.45, 2.75) is 52.4 Å². The van der Waals surface area contributed by atoms with Crippen LogP contribution in [-0.2, 0) is 20.8 Å². The van der Waals surface area contributed by atoms with Gasteiger partial charge in [-0.1, -0.05) is 50.6 Å². The van der Waals surface area contributed by atoms with Crippen molar-refractivity contribution in [1.82, 2.24) is 25.7 Å². The number of aromatic amines is 1. The van der Waals surface area contributed by atoms with Crippen LogP contribution >= 0.6 is 0 Å². The molecule has 3 N–H and O–H groups in total. The zero-order valence-electron chi connectivity index (χ0n) is 29.8. The third kappa shape index (κ3) is 10.5. The minimum absolute atomic E-state index is 0.0114. The number of methoxy groups -OCH3 is 1. The first kappa shape index (κ1) is 37.2. The van der Waals surface area contributed by atoms with Crippen LogP contribution < -0.4 is 20.1 Å². The third-order valence-electron chi connectivity index (χ3n) is 9.05. The van der Waals surface area contributed by atoms with Crippen molar-refractivity contribution in [3.8, 4) is 22.8 Å². The quantitative estimate of drug-likeness (QED) is 0.111. The lowest BCUT2D eigenvalue weighted by molar-refractivity contribution is -0.137. The van der Waals surface area contributed by atoms with Crippen LogP contribution in [0.2, 0.25) is 0 Å². The van der Waals surface area contributed by atoms with Gasteiger partial charge in [0.1, 0.15) is 17.3 Å². The molecule has 1 aliphatic heterocycles. The fourth-order valence-electron chi connectivity index (χ4n) is 6.31. The highest BCUT2D eigenvalue weighted by molar-refractivity contribution is 5.96. The summed E-state index contributed by atoms with van der Waals surface area (Å²) in [7, 11) is 1.60. The SMILES string of the molecule is COc1ccc2c(c1)CC(C(=O)CCC(=O)N(CC(=O)CNCCCCCNC(=O)c1ccc(-c3n[nH]c4ccccc34)cc1)CC(C)C)CO2. The zero-order chi connectivity index (χ0) is 36.2. The molecule has 2 heterocycles. The molecule has 4 aromatic rings. The van der Waals surface area contributed by atoms with Crippen molar-refractivity contribution < 1.29 is 28.7 Å². The van der Waals surface area contributed by atoms with Crippen LogP contribution in [-0.4, -0.2) is 84.9 Å². The summed E-state index contributed by atoms with van der Waals surface area (Å²) in [6.07, 6.45) is 3.30. The molecule has 0 fully saturated rings. The van der Waals surface area contributed by atoms with E-state index < -0.39 is 0 Å². The Kier molecular flexibility index (Phi) is 13.3. The Morgan fingerprint density at radius 2 is 1.76 bits per heavy atom. The number of carbonyl (C=O) groups is 4. The van der Waals surface area contributed by atoms with Crippen LogP contribution in [0.5, 0.6) is 11.5 Å². The van der Waals surface area contributed by atoms with E-state index in [9.17, 15) is 19.2 Å². The van der Waals surface area contributed by atoms with Gasteiger partial charge < -0.3 is 25.0 Å². The summed E-state index contributed by atoms with van der Waals surface area (Å²) in [5.41, 5.74) is 4.30. The number of hydrogen-bond acceptors (Lipinski definition) is 8. The number of amides is 2. The molecule has 5 rings (SSSR count). The Morgan fingerprint density at radius 1 is 0.980 bits per heavy atom. The van der Waals surface area contributed by atoms with Crippen LogP contribution in [0.3, 0.4) is 0 Å². The van der Waals surface area contributed by atoms with E-state index in [0.717, 1.165) is 52.7 Å². The number of fused-ring (bicyclic) bond motifs is 2. The fraction of sp³-hybridized carbons (Fsp3) is 0.425. The Morgan fingerprint density at radius 3 is 2.55 bits per heavy atom. The zero-order valence-corrected chi connectivity index (χ0v) is 29.8. The molecule has 11 heteroatoms. The number of H-pyrrole nitrogens is 1. The first-order valence-electron chi connectivity index (χ1n) is 17.9.